The van der Waals surface area contributed by atoms with E-state index in [4.69, 9.17) is 0 Å². The lowest BCUT2D eigenvalue weighted by molar-refractivity contribution is -0.127. The average Bonchev–Trinajstić information content (AvgIpc) is 2.77. The predicted molar refractivity (Wildman–Crippen MR) is 89.2 cm³/mol. The normalized spacial score (nSPS) is 19.1. The van der Waals surface area contributed by atoms with Crippen molar-refractivity contribution in [1.29, 1.82) is 0 Å². The van der Waals surface area contributed by atoms with E-state index in [1.54, 1.807) is 12.1 Å². The van der Waals surface area contributed by atoms with Crippen molar-refractivity contribution < 1.29 is 18.0 Å². The number of carbonyl (C=O) groups excluding carboxylic acids is 2. The minimum absolute atomic E-state index is 0.0492. The molecule has 0 bridgehead atoms. The Kier molecular flexibility index (Phi) is 5.25. The van der Waals surface area contributed by atoms with Crippen molar-refractivity contribution in [2.45, 2.75) is 18.9 Å². The molecule has 1 saturated heterocycles. The van der Waals surface area contributed by atoms with Crippen molar-refractivity contribution in [2.24, 2.45) is 0 Å². The summed E-state index contributed by atoms with van der Waals surface area (Å²) in [4.78, 5) is 25.6. The van der Waals surface area contributed by atoms with Crippen LogP contribution in [0.5, 0.6) is 0 Å². The summed E-state index contributed by atoms with van der Waals surface area (Å²) < 4.78 is 22.7. The van der Waals surface area contributed by atoms with Crippen LogP contribution in [0.4, 0.5) is 11.4 Å². The van der Waals surface area contributed by atoms with Gasteiger partial charge in [-0.15, -0.1) is 0 Å². The van der Waals surface area contributed by atoms with Gasteiger partial charge in [0.15, 0.2) is 9.84 Å². The zero-order chi connectivity index (χ0) is 17.0. The maximum Gasteiger partial charge on any atom is 0.233 e. The molecule has 0 radical (unpaired) electrons. The van der Waals surface area contributed by atoms with E-state index < -0.39 is 21.7 Å². The Morgan fingerprint density at radius 2 is 1.83 bits per heavy atom. The van der Waals surface area contributed by atoms with Gasteiger partial charge >= 0.3 is 0 Å². The molecule has 0 aromatic heterocycles. The second-order valence-corrected chi connectivity index (χ2v) is 8.06. The molecule has 0 aliphatic carbocycles. The van der Waals surface area contributed by atoms with Gasteiger partial charge in [0.25, 0.3) is 0 Å². The fourth-order valence-corrected chi connectivity index (χ4v) is 4.05. The van der Waals surface area contributed by atoms with Crippen LogP contribution in [-0.4, -0.2) is 51.9 Å². The van der Waals surface area contributed by atoms with Crippen LogP contribution in [-0.2, 0) is 19.4 Å². The highest BCUT2D eigenvalue weighted by atomic mass is 32.2. The second kappa shape index (κ2) is 6.99. The largest absolute Gasteiger partial charge is 0.378 e. The molecule has 1 unspecified atom stereocenters. The van der Waals surface area contributed by atoms with Gasteiger partial charge in [0.2, 0.25) is 11.8 Å². The molecule has 1 aromatic rings. The Morgan fingerprint density at radius 1 is 1.17 bits per heavy atom. The summed E-state index contributed by atoms with van der Waals surface area (Å²) >= 11 is 0. The minimum atomic E-state index is -3.05. The van der Waals surface area contributed by atoms with Crippen LogP contribution in [0.1, 0.15) is 12.8 Å². The third-order valence-corrected chi connectivity index (χ3v) is 5.35. The van der Waals surface area contributed by atoms with E-state index in [0.29, 0.717) is 12.1 Å². The van der Waals surface area contributed by atoms with Gasteiger partial charge in [-0.1, -0.05) is 0 Å². The van der Waals surface area contributed by atoms with E-state index in [9.17, 15) is 18.0 Å². The lowest BCUT2D eigenvalue weighted by Crippen LogP contribution is -2.37. The van der Waals surface area contributed by atoms with E-state index in [1.807, 2.05) is 31.1 Å². The molecule has 1 aromatic carbocycles. The molecule has 0 spiro atoms. The maximum absolute atomic E-state index is 11.8. The van der Waals surface area contributed by atoms with E-state index in [0.717, 1.165) is 5.69 Å². The van der Waals surface area contributed by atoms with Crippen LogP contribution in [0.2, 0.25) is 0 Å². The number of amides is 2. The quantitative estimate of drug-likeness (QED) is 0.757. The first-order valence-electron chi connectivity index (χ1n) is 7.32. The zero-order valence-corrected chi connectivity index (χ0v) is 14.0. The van der Waals surface area contributed by atoms with Gasteiger partial charge in [-0.2, -0.15) is 0 Å². The van der Waals surface area contributed by atoms with Gasteiger partial charge in [-0.25, -0.2) is 8.42 Å². The molecule has 2 N–H and O–H groups in total. The number of nitrogens with zero attached hydrogens (tertiary/aromatic N) is 1. The van der Waals surface area contributed by atoms with Crippen LogP contribution >= 0.6 is 0 Å². The maximum atomic E-state index is 11.8. The van der Waals surface area contributed by atoms with Crippen molar-refractivity contribution in [3.63, 3.8) is 0 Å². The molecule has 2 amide bonds. The number of benzene rings is 1. The highest BCUT2D eigenvalue weighted by Crippen LogP contribution is 2.16. The standard InChI is InChI=1S/C15H21N3O4S/c1-18(2)13-5-3-11(4-6-13)16-14(19)9-15(20)17-12-7-8-23(21,22)10-12/h3-6,12H,7-10H2,1-2H3,(H,16,19)(H,17,20). The number of rotatable bonds is 5. The van der Waals surface area contributed by atoms with Gasteiger partial charge in [0.05, 0.1) is 11.5 Å². The molecular weight excluding hydrogens is 318 g/mol. The first-order valence-corrected chi connectivity index (χ1v) is 9.14. The molecule has 2 rings (SSSR count). The SMILES string of the molecule is CN(C)c1ccc(NC(=O)CC(=O)NC2CCS(=O)(=O)C2)cc1. The van der Waals surface area contributed by atoms with Crippen molar-refractivity contribution in [3.05, 3.63) is 24.3 Å². The average molecular weight is 339 g/mol. The molecule has 1 atom stereocenters. The van der Waals surface area contributed by atoms with Gasteiger partial charge < -0.3 is 15.5 Å². The smallest absolute Gasteiger partial charge is 0.233 e. The van der Waals surface area contributed by atoms with E-state index in [-0.39, 0.29) is 24.0 Å². The van der Waals surface area contributed by atoms with E-state index in [2.05, 4.69) is 10.6 Å². The summed E-state index contributed by atoms with van der Waals surface area (Å²) in [7, 11) is 0.787. The van der Waals surface area contributed by atoms with Crippen LogP contribution < -0.4 is 15.5 Å². The van der Waals surface area contributed by atoms with Crippen LogP contribution in [0.3, 0.4) is 0 Å². The molecule has 1 aliphatic rings. The van der Waals surface area contributed by atoms with Gasteiger partial charge in [0.1, 0.15) is 6.42 Å². The van der Waals surface area contributed by atoms with Crippen molar-refractivity contribution in [1.82, 2.24) is 5.32 Å². The fourth-order valence-electron chi connectivity index (χ4n) is 2.38. The Balaban J connectivity index is 1.81. The van der Waals surface area contributed by atoms with Crippen LogP contribution in [0.15, 0.2) is 24.3 Å². The lowest BCUT2D eigenvalue weighted by Gasteiger charge is -2.13. The molecule has 1 aliphatic heterocycles. The van der Waals surface area contributed by atoms with E-state index in [1.165, 1.54) is 0 Å². The fraction of sp³-hybridized carbons (Fsp3) is 0.467. The monoisotopic (exact) mass is 339 g/mol. The molecule has 7 nitrogen and oxygen atoms in total. The lowest BCUT2D eigenvalue weighted by atomic mass is 10.2. The Morgan fingerprint density at radius 3 is 2.35 bits per heavy atom. The predicted octanol–water partition coefficient (Wildman–Crippen LogP) is 0.385. The minimum Gasteiger partial charge on any atom is -0.378 e. The van der Waals surface area contributed by atoms with Crippen LogP contribution in [0.25, 0.3) is 0 Å². The topological polar surface area (TPSA) is 95.6 Å². The molecule has 1 fully saturated rings. The summed E-state index contributed by atoms with van der Waals surface area (Å²) in [6.07, 6.45) is 0.0771. The summed E-state index contributed by atoms with van der Waals surface area (Å²) in [6.45, 7) is 0. The van der Waals surface area contributed by atoms with Crippen molar-refractivity contribution in [3.8, 4) is 0 Å². The van der Waals surface area contributed by atoms with Gasteiger partial charge in [-0.05, 0) is 30.7 Å². The molecule has 1 heterocycles. The number of hydrogen-bond acceptors (Lipinski definition) is 5. The Bertz CT molecular complexity index is 683. The zero-order valence-electron chi connectivity index (χ0n) is 13.2. The Hall–Kier alpha value is -2.09. The third kappa shape index (κ3) is 5.24. The second-order valence-electron chi connectivity index (χ2n) is 5.83. The first-order chi connectivity index (χ1) is 10.7. The van der Waals surface area contributed by atoms with E-state index >= 15 is 0 Å². The third-order valence-electron chi connectivity index (χ3n) is 3.59. The summed E-state index contributed by atoms with van der Waals surface area (Å²) in [5.74, 6) is -0.857. The highest BCUT2D eigenvalue weighted by Gasteiger charge is 2.29. The molecule has 0 saturated carbocycles. The van der Waals surface area contributed by atoms with Gasteiger partial charge in [-0.3, -0.25) is 9.59 Å². The molecule has 23 heavy (non-hydrogen) atoms. The number of anilines is 2. The van der Waals surface area contributed by atoms with Crippen molar-refractivity contribution >= 4 is 33.0 Å². The summed E-state index contributed by atoms with van der Waals surface area (Å²) in [5, 5.41) is 5.23. The Labute approximate surface area is 136 Å². The number of hydrogen-bond donors (Lipinski definition) is 2. The number of carbonyl (C=O) groups is 2. The number of sulfone groups is 1. The molecule has 126 valence electrons. The molecular formula is C15H21N3O4S. The number of nitrogens with one attached hydrogen (secondary N) is 2. The summed E-state index contributed by atoms with van der Waals surface area (Å²) in [6, 6.07) is 6.85. The first kappa shape index (κ1) is 17.3. The van der Waals surface area contributed by atoms with Crippen LogP contribution in [0, 0.1) is 0 Å². The van der Waals surface area contributed by atoms with Gasteiger partial charge in [0, 0.05) is 31.5 Å². The summed E-state index contributed by atoms with van der Waals surface area (Å²) in [5.41, 5.74) is 1.61. The van der Waals surface area contributed by atoms with Crippen molar-refractivity contribution in [2.75, 3.05) is 35.8 Å². The molecule has 8 heteroatoms. The highest BCUT2D eigenvalue weighted by molar-refractivity contribution is 7.91.